The first-order valence-corrected chi connectivity index (χ1v) is 9.84. The Balaban J connectivity index is 1.58. The molecule has 25 heavy (non-hydrogen) atoms. The van der Waals surface area contributed by atoms with Crippen LogP contribution in [0.2, 0.25) is 0 Å². The van der Waals surface area contributed by atoms with Gasteiger partial charge in [0.2, 0.25) is 0 Å². The summed E-state index contributed by atoms with van der Waals surface area (Å²) >= 11 is 0. The molecule has 0 heterocycles. The molecule has 0 bridgehead atoms. The van der Waals surface area contributed by atoms with Gasteiger partial charge in [-0.3, -0.25) is 4.79 Å². The fraction of sp³-hybridized carbons (Fsp3) is 0.762. The highest BCUT2D eigenvalue weighted by Crippen LogP contribution is 2.51. The van der Waals surface area contributed by atoms with Gasteiger partial charge in [-0.25, -0.2) is 0 Å². The van der Waals surface area contributed by atoms with Crippen LogP contribution >= 0.6 is 0 Å². The van der Waals surface area contributed by atoms with Crippen LogP contribution in [0.15, 0.2) is 11.6 Å². The van der Waals surface area contributed by atoms with Crippen LogP contribution in [0.4, 0.5) is 0 Å². The minimum Gasteiger partial charge on any atom is -0.481 e. The van der Waals surface area contributed by atoms with E-state index >= 15 is 0 Å². The molecule has 3 fully saturated rings. The Labute approximate surface area is 150 Å². The van der Waals surface area contributed by atoms with E-state index in [1.54, 1.807) is 0 Å². The summed E-state index contributed by atoms with van der Waals surface area (Å²) in [4.78, 5) is 10.6. The number of aliphatic hydroxyl groups excluding tert-OH is 2. The van der Waals surface area contributed by atoms with E-state index in [2.05, 4.69) is 17.9 Å². The molecule has 0 spiro atoms. The summed E-state index contributed by atoms with van der Waals surface area (Å²) in [5, 5.41) is 29.5. The number of allylic oxidation sites excluding steroid dienone is 2. The van der Waals surface area contributed by atoms with E-state index in [1.165, 1.54) is 24.8 Å². The van der Waals surface area contributed by atoms with Gasteiger partial charge in [-0.2, -0.15) is 0 Å². The van der Waals surface area contributed by atoms with Crippen LogP contribution in [0.5, 0.6) is 0 Å². The second-order valence-corrected chi connectivity index (χ2v) is 7.99. The zero-order chi connectivity index (χ0) is 17.8. The first-order valence-electron chi connectivity index (χ1n) is 9.84. The van der Waals surface area contributed by atoms with Crippen molar-refractivity contribution in [3.63, 3.8) is 0 Å². The SMILES string of the molecule is O=C(O)CC/C=C1/C[C@@H]2[C@@H](C#C[C@@H](O)C3CCCCC3)[C@H](O)CC[C@H]12. The van der Waals surface area contributed by atoms with Gasteiger partial charge in [0.1, 0.15) is 6.10 Å². The molecule has 0 unspecified atom stereocenters. The minimum absolute atomic E-state index is 0.0476. The molecule has 0 aromatic carbocycles. The van der Waals surface area contributed by atoms with Crippen molar-refractivity contribution in [1.82, 2.24) is 0 Å². The number of carbonyl (C=O) groups is 1. The molecule has 3 saturated carbocycles. The Morgan fingerprint density at radius 2 is 1.96 bits per heavy atom. The summed E-state index contributed by atoms with van der Waals surface area (Å²) in [5.41, 5.74) is 1.35. The second kappa shape index (κ2) is 8.38. The smallest absolute Gasteiger partial charge is 0.303 e. The molecule has 0 aromatic heterocycles. The van der Waals surface area contributed by atoms with Crippen molar-refractivity contribution in [2.24, 2.45) is 23.7 Å². The lowest BCUT2D eigenvalue weighted by molar-refractivity contribution is -0.136. The molecular formula is C21H30O4. The van der Waals surface area contributed by atoms with Crippen LogP contribution in [0.1, 0.15) is 64.2 Å². The van der Waals surface area contributed by atoms with E-state index in [-0.39, 0.29) is 12.3 Å². The highest BCUT2D eigenvalue weighted by molar-refractivity contribution is 5.66. The Bertz CT molecular complexity index is 564. The predicted octanol–water partition coefficient (Wildman–Crippen LogP) is 3.13. The summed E-state index contributed by atoms with van der Waals surface area (Å²) in [6, 6.07) is 0. The van der Waals surface area contributed by atoms with Crippen LogP contribution in [0.3, 0.4) is 0 Å². The minimum atomic E-state index is -0.757. The molecule has 4 heteroatoms. The lowest BCUT2D eigenvalue weighted by Gasteiger charge is -2.48. The van der Waals surface area contributed by atoms with Crippen molar-refractivity contribution in [2.45, 2.75) is 76.4 Å². The van der Waals surface area contributed by atoms with Gasteiger partial charge in [0.25, 0.3) is 0 Å². The molecule has 0 aliphatic heterocycles. The molecule has 0 amide bonds. The molecule has 0 radical (unpaired) electrons. The van der Waals surface area contributed by atoms with E-state index in [4.69, 9.17) is 5.11 Å². The van der Waals surface area contributed by atoms with Gasteiger partial charge < -0.3 is 15.3 Å². The van der Waals surface area contributed by atoms with E-state index in [1.807, 2.05) is 0 Å². The van der Waals surface area contributed by atoms with Gasteiger partial charge in [-0.05, 0) is 56.3 Å². The van der Waals surface area contributed by atoms with Crippen LogP contribution in [0, 0.1) is 35.5 Å². The Morgan fingerprint density at radius 3 is 2.68 bits per heavy atom. The zero-order valence-electron chi connectivity index (χ0n) is 14.9. The molecule has 5 atom stereocenters. The third-order valence-electron chi connectivity index (χ3n) is 6.37. The third-order valence-corrected chi connectivity index (χ3v) is 6.37. The molecule has 0 saturated heterocycles. The lowest BCUT2D eigenvalue weighted by Crippen LogP contribution is -2.44. The number of hydrogen-bond donors (Lipinski definition) is 3. The molecule has 138 valence electrons. The number of carboxylic acids is 1. The maximum atomic E-state index is 10.6. The van der Waals surface area contributed by atoms with Gasteiger partial charge in [-0.1, -0.05) is 42.8 Å². The number of aliphatic carboxylic acids is 1. The molecule has 0 aromatic rings. The van der Waals surface area contributed by atoms with Crippen LogP contribution in [0.25, 0.3) is 0 Å². The van der Waals surface area contributed by atoms with Gasteiger partial charge in [0, 0.05) is 6.42 Å². The first kappa shape index (κ1) is 18.5. The van der Waals surface area contributed by atoms with Gasteiger partial charge in [-0.15, -0.1) is 0 Å². The highest BCUT2D eigenvalue weighted by Gasteiger charge is 2.46. The number of aliphatic hydroxyl groups is 2. The predicted molar refractivity (Wildman–Crippen MR) is 95.6 cm³/mol. The standard InChI is InChI=1S/C21H30O4/c22-19(14-5-2-1-3-6-14)11-10-17-18-13-15(7-4-8-21(24)25)16(18)9-12-20(17)23/h7,14,16-20,22-23H,1-6,8-9,12-13H2,(H,24,25)/b15-7-/t16-,17-,18+,19-,20-/m1/s1. The lowest BCUT2D eigenvalue weighted by atomic mass is 9.57. The van der Waals surface area contributed by atoms with Crippen molar-refractivity contribution in [3.05, 3.63) is 11.6 Å². The van der Waals surface area contributed by atoms with Crippen LogP contribution in [-0.2, 0) is 4.79 Å². The van der Waals surface area contributed by atoms with Gasteiger partial charge in [0.15, 0.2) is 0 Å². The average Bonchev–Trinajstić information content (AvgIpc) is 2.59. The maximum Gasteiger partial charge on any atom is 0.303 e. The number of rotatable bonds is 4. The second-order valence-electron chi connectivity index (χ2n) is 7.99. The Morgan fingerprint density at radius 1 is 1.20 bits per heavy atom. The maximum absolute atomic E-state index is 10.6. The molecule has 3 rings (SSSR count). The summed E-state index contributed by atoms with van der Waals surface area (Å²) in [5.74, 6) is 6.59. The van der Waals surface area contributed by atoms with Crippen molar-refractivity contribution >= 4 is 5.97 Å². The monoisotopic (exact) mass is 346 g/mol. The van der Waals surface area contributed by atoms with Crippen molar-refractivity contribution in [1.29, 1.82) is 0 Å². The van der Waals surface area contributed by atoms with E-state index < -0.39 is 18.2 Å². The largest absolute Gasteiger partial charge is 0.481 e. The van der Waals surface area contributed by atoms with Crippen molar-refractivity contribution in [3.8, 4) is 11.8 Å². The van der Waals surface area contributed by atoms with Crippen molar-refractivity contribution in [2.75, 3.05) is 0 Å². The summed E-state index contributed by atoms with van der Waals surface area (Å²) in [6.45, 7) is 0. The number of fused-ring (bicyclic) bond motifs is 1. The van der Waals surface area contributed by atoms with Crippen LogP contribution in [-0.4, -0.2) is 33.5 Å². The Kier molecular flexibility index (Phi) is 6.19. The molecule has 3 aliphatic carbocycles. The van der Waals surface area contributed by atoms with E-state index in [0.717, 1.165) is 32.1 Å². The fourth-order valence-corrected chi connectivity index (χ4v) is 4.84. The van der Waals surface area contributed by atoms with E-state index in [9.17, 15) is 15.0 Å². The molecular weight excluding hydrogens is 316 g/mol. The normalized spacial score (nSPS) is 35.2. The highest BCUT2D eigenvalue weighted by atomic mass is 16.4. The number of hydrogen-bond acceptors (Lipinski definition) is 3. The third kappa shape index (κ3) is 4.46. The average molecular weight is 346 g/mol. The summed E-state index contributed by atoms with van der Waals surface area (Å²) in [6.07, 6.45) is 10.3. The van der Waals surface area contributed by atoms with Gasteiger partial charge in [0.05, 0.1) is 12.0 Å². The summed E-state index contributed by atoms with van der Waals surface area (Å²) in [7, 11) is 0. The van der Waals surface area contributed by atoms with E-state index in [0.29, 0.717) is 24.2 Å². The quantitative estimate of drug-likeness (QED) is 0.540. The fourth-order valence-electron chi connectivity index (χ4n) is 4.84. The molecule has 4 nitrogen and oxygen atoms in total. The first-order chi connectivity index (χ1) is 12.1. The van der Waals surface area contributed by atoms with Crippen LogP contribution < -0.4 is 0 Å². The van der Waals surface area contributed by atoms with Crippen molar-refractivity contribution < 1.29 is 20.1 Å². The van der Waals surface area contributed by atoms with Gasteiger partial charge >= 0.3 is 5.97 Å². The topological polar surface area (TPSA) is 77.8 Å². The molecule has 3 N–H and O–H groups in total. The number of carboxylic acid groups (broad SMARTS) is 1. The molecule has 3 aliphatic rings. The zero-order valence-corrected chi connectivity index (χ0v) is 14.9. The Hall–Kier alpha value is -1.31. The summed E-state index contributed by atoms with van der Waals surface area (Å²) < 4.78 is 0.